The summed E-state index contributed by atoms with van der Waals surface area (Å²) >= 11 is 1.39. The minimum atomic E-state index is -0.399. The third kappa shape index (κ3) is 2.74. The van der Waals surface area contributed by atoms with E-state index in [1.165, 1.54) is 11.3 Å². The zero-order valence-corrected chi connectivity index (χ0v) is 13.3. The third-order valence-electron chi connectivity index (χ3n) is 3.91. The van der Waals surface area contributed by atoms with Crippen LogP contribution in [0, 0.1) is 12.8 Å². The summed E-state index contributed by atoms with van der Waals surface area (Å²) < 4.78 is 0. The number of carbonyl (C=O) groups is 2. The van der Waals surface area contributed by atoms with E-state index >= 15 is 0 Å². The molecule has 1 aliphatic rings. The van der Waals surface area contributed by atoms with Crippen molar-refractivity contribution in [2.24, 2.45) is 5.92 Å². The highest BCUT2D eigenvalue weighted by Crippen LogP contribution is 2.37. The molecule has 1 saturated heterocycles. The van der Waals surface area contributed by atoms with Gasteiger partial charge >= 0.3 is 0 Å². The summed E-state index contributed by atoms with van der Waals surface area (Å²) in [6.07, 6.45) is 0.228. The number of likely N-dealkylation sites (tertiary alicyclic amines) is 1. The fourth-order valence-corrected chi connectivity index (χ4v) is 3.51. The number of benzene rings is 1. The molecule has 6 heteroatoms. The van der Waals surface area contributed by atoms with Gasteiger partial charge in [-0.2, -0.15) is 0 Å². The van der Waals surface area contributed by atoms with Crippen LogP contribution >= 0.6 is 11.3 Å². The van der Waals surface area contributed by atoms with E-state index in [1.807, 2.05) is 42.6 Å². The molecule has 0 unspecified atom stereocenters. The Morgan fingerprint density at radius 1 is 1.36 bits per heavy atom. The number of aryl methyl sites for hydroxylation is 1. The maximum Gasteiger partial charge on any atom is 0.232 e. The number of thiazole rings is 1. The molecule has 1 fully saturated rings. The van der Waals surface area contributed by atoms with Gasteiger partial charge in [0, 0.05) is 18.8 Å². The summed E-state index contributed by atoms with van der Waals surface area (Å²) in [6.45, 7) is 1.88. The summed E-state index contributed by atoms with van der Waals surface area (Å²) in [7, 11) is 1.75. The molecule has 3 rings (SSSR count). The van der Waals surface area contributed by atoms with Crippen molar-refractivity contribution in [3.8, 4) is 0 Å². The fourth-order valence-electron chi connectivity index (χ4n) is 2.82. The van der Waals surface area contributed by atoms with Gasteiger partial charge in [-0.25, -0.2) is 4.98 Å². The lowest BCUT2D eigenvalue weighted by atomic mass is 9.93. The third-order valence-corrected chi connectivity index (χ3v) is 4.79. The molecule has 0 bridgehead atoms. The average Bonchev–Trinajstić information content (AvgIpc) is 3.04. The Bertz CT molecular complexity index is 698. The van der Waals surface area contributed by atoms with Crippen molar-refractivity contribution in [2.75, 3.05) is 12.4 Å². The number of hydrogen-bond donors (Lipinski definition) is 1. The Balaban J connectivity index is 1.84. The standard InChI is InChI=1S/C16H17N3O2S/c1-10-9-22-16(17-10)18-15(21)12-8-13(20)19(2)14(12)11-6-4-3-5-7-11/h3-7,9,12,14H,8H2,1-2H3,(H,17,18,21)/t12-,14+/m0/s1. The van der Waals surface area contributed by atoms with Gasteiger partial charge in [0.1, 0.15) is 0 Å². The maximum atomic E-state index is 12.6. The molecule has 5 nitrogen and oxygen atoms in total. The average molecular weight is 315 g/mol. The predicted molar refractivity (Wildman–Crippen MR) is 85.5 cm³/mol. The molecule has 2 atom stereocenters. The second-order valence-electron chi connectivity index (χ2n) is 5.45. The van der Waals surface area contributed by atoms with Crippen molar-refractivity contribution in [1.29, 1.82) is 0 Å². The van der Waals surface area contributed by atoms with Crippen molar-refractivity contribution in [1.82, 2.24) is 9.88 Å². The summed E-state index contributed by atoms with van der Waals surface area (Å²) in [5.74, 6) is -0.561. The second kappa shape index (κ2) is 5.88. The highest BCUT2D eigenvalue weighted by molar-refractivity contribution is 7.13. The van der Waals surface area contributed by atoms with Crippen molar-refractivity contribution < 1.29 is 9.59 Å². The Kier molecular flexibility index (Phi) is 3.94. The molecule has 1 N–H and O–H groups in total. The zero-order valence-electron chi connectivity index (χ0n) is 12.4. The molecule has 2 heterocycles. The van der Waals surface area contributed by atoms with Gasteiger partial charge in [-0.05, 0) is 12.5 Å². The van der Waals surface area contributed by atoms with Crippen LogP contribution in [0.3, 0.4) is 0 Å². The minimum absolute atomic E-state index is 0.00989. The Hall–Kier alpha value is -2.21. The van der Waals surface area contributed by atoms with Crippen molar-refractivity contribution >= 4 is 28.3 Å². The van der Waals surface area contributed by atoms with E-state index in [4.69, 9.17) is 0 Å². The summed E-state index contributed by atoms with van der Waals surface area (Å²) in [5, 5.41) is 5.30. The normalized spacial score (nSPS) is 21.2. The van der Waals surface area contributed by atoms with E-state index in [-0.39, 0.29) is 24.3 Å². The first-order chi connectivity index (χ1) is 10.6. The molecule has 2 amide bonds. The van der Waals surface area contributed by atoms with Crippen molar-refractivity contribution in [3.63, 3.8) is 0 Å². The van der Waals surface area contributed by atoms with E-state index in [2.05, 4.69) is 10.3 Å². The zero-order chi connectivity index (χ0) is 15.7. The minimum Gasteiger partial charge on any atom is -0.338 e. The Morgan fingerprint density at radius 3 is 2.73 bits per heavy atom. The number of amides is 2. The molecule has 2 aromatic rings. The lowest BCUT2D eigenvalue weighted by Crippen LogP contribution is -2.29. The van der Waals surface area contributed by atoms with Crippen LogP contribution in [-0.2, 0) is 9.59 Å². The van der Waals surface area contributed by atoms with Crippen molar-refractivity contribution in [2.45, 2.75) is 19.4 Å². The number of hydrogen-bond acceptors (Lipinski definition) is 4. The van der Waals surface area contributed by atoms with E-state index in [0.717, 1.165) is 11.3 Å². The first-order valence-corrected chi connectivity index (χ1v) is 7.98. The molecule has 0 saturated carbocycles. The molecular weight excluding hydrogens is 298 g/mol. The van der Waals surface area contributed by atoms with Gasteiger partial charge in [0.15, 0.2) is 5.13 Å². The van der Waals surface area contributed by atoms with Gasteiger partial charge in [-0.15, -0.1) is 11.3 Å². The highest BCUT2D eigenvalue weighted by Gasteiger charge is 2.42. The number of aromatic nitrogens is 1. The molecule has 0 aliphatic carbocycles. The molecular formula is C16H17N3O2S. The molecule has 22 heavy (non-hydrogen) atoms. The summed E-state index contributed by atoms with van der Waals surface area (Å²) in [5.41, 5.74) is 1.85. The van der Waals surface area contributed by atoms with Crippen molar-refractivity contribution in [3.05, 3.63) is 47.0 Å². The molecule has 1 aromatic heterocycles. The van der Waals surface area contributed by atoms with Gasteiger partial charge in [0.2, 0.25) is 11.8 Å². The summed E-state index contributed by atoms with van der Waals surface area (Å²) in [4.78, 5) is 30.5. The van der Waals surface area contributed by atoms with Crippen LogP contribution in [0.1, 0.15) is 23.7 Å². The molecule has 0 radical (unpaired) electrons. The number of nitrogens with one attached hydrogen (secondary N) is 1. The van der Waals surface area contributed by atoms with Crippen LogP contribution in [0.4, 0.5) is 5.13 Å². The number of anilines is 1. The van der Waals surface area contributed by atoms with E-state index < -0.39 is 5.92 Å². The van der Waals surface area contributed by atoms with Crippen LogP contribution in [0.15, 0.2) is 35.7 Å². The first kappa shape index (κ1) is 14.7. The van der Waals surface area contributed by atoms with Gasteiger partial charge in [0.05, 0.1) is 17.7 Å². The van der Waals surface area contributed by atoms with Gasteiger partial charge in [-0.1, -0.05) is 30.3 Å². The molecule has 0 spiro atoms. The van der Waals surface area contributed by atoms with E-state index in [1.54, 1.807) is 11.9 Å². The number of rotatable bonds is 3. The van der Waals surface area contributed by atoms with Crippen LogP contribution in [0.5, 0.6) is 0 Å². The van der Waals surface area contributed by atoms with Crippen LogP contribution in [0.2, 0.25) is 0 Å². The maximum absolute atomic E-state index is 12.6. The van der Waals surface area contributed by atoms with Gasteiger partial charge < -0.3 is 10.2 Å². The second-order valence-corrected chi connectivity index (χ2v) is 6.31. The van der Waals surface area contributed by atoms with E-state index in [9.17, 15) is 9.59 Å². The lowest BCUT2D eigenvalue weighted by Gasteiger charge is -2.24. The fraction of sp³-hybridized carbons (Fsp3) is 0.312. The molecule has 114 valence electrons. The van der Waals surface area contributed by atoms with Crippen LogP contribution in [-0.4, -0.2) is 28.7 Å². The first-order valence-electron chi connectivity index (χ1n) is 7.10. The molecule has 1 aliphatic heterocycles. The topological polar surface area (TPSA) is 62.3 Å². The largest absolute Gasteiger partial charge is 0.338 e. The quantitative estimate of drug-likeness (QED) is 0.947. The number of carbonyl (C=O) groups excluding carboxylic acids is 2. The smallest absolute Gasteiger partial charge is 0.232 e. The van der Waals surface area contributed by atoms with E-state index in [0.29, 0.717) is 5.13 Å². The Labute approximate surface area is 133 Å². The highest BCUT2D eigenvalue weighted by atomic mass is 32.1. The Morgan fingerprint density at radius 2 is 2.09 bits per heavy atom. The van der Waals surface area contributed by atoms with Gasteiger partial charge in [0.25, 0.3) is 0 Å². The molecule has 1 aromatic carbocycles. The predicted octanol–water partition coefficient (Wildman–Crippen LogP) is 2.61. The number of nitrogens with zero attached hydrogens (tertiary/aromatic N) is 2. The SMILES string of the molecule is Cc1csc(NC(=O)[C@H]2CC(=O)N(C)[C@@H]2c2ccccc2)n1. The van der Waals surface area contributed by atoms with Crippen LogP contribution in [0.25, 0.3) is 0 Å². The van der Waals surface area contributed by atoms with Gasteiger partial charge in [-0.3, -0.25) is 9.59 Å². The summed E-state index contributed by atoms with van der Waals surface area (Å²) in [6, 6.07) is 9.44. The monoisotopic (exact) mass is 315 g/mol. The lowest BCUT2D eigenvalue weighted by molar-refractivity contribution is -0.127. The van der Waals surface area contributed by atoms with Crippen LogP contribution < -0.4 is 5.32 Å².